The molecule has 0 fully saturated rings. The third-order valence-electron chi connectivity index (χ3n) is 5.20. The van der Waals surface area contributed by atoms with Gasteiger partial charge in [-0.05, 0) is 49.4 Å². The molecule has 0 aliphatic heterocycles. The highest BCUT2D eigenvalue weighted by atomic mass is 19.2. The van der Waals surface area contributed by atoms with Crippen LogP contribution in [0.25, 0.3) is 22.8 Å². The number of carbonyl (C=O) groups excluding carboxylic acids is 1. The number of nitrogens with zero attached hydrogens (tertiary/aromatic N) is 4. The first-order valence-corrected chi connectivity index (χ1v) is 9.90. The van der Waals surface area contributed by atoms with Gasteiger partial charge in [-0.2, -0.15) is 5.10 Å². The average Bonchev–Trinajstić information content (AvgIpc) is 3.22. The Hall–Kier alpha value is -4.34. The molecule has 33 heavy (non-hydrogen) atoms. The Labute approximate surface area is 186 Å². The van der Waals surface area contributed by atoms with E-state index in [1.165, 1.54) is 40.0 Å². The van der Waals surface area contributed by atoms with Crippen molar-refractivity contribution in [2.24, 2.45) is 14.1 Å². The molecule has 8 nitrogen and oxygen atoms in total. The first-order chi connectivity index (χ1) is 15.7. The zero-order valence-electron chi connectivity index (χ0n) is 18.0. The van der Waals surface area contributed by atoms with E-state index in [1.807, 2.05) is 0 Å². The van der Waals surface area contributed by atoms with Crippen LogP contribution >= 0.6 is 0 Å². The van der Waals surface area contributed by atoms with Crippen LogP contribution in [0, 0.1) is 11.6 Å². The second-order valence-corrected chi connectivity index (χ2v) is 7.35. The highest BCUT2D eigenvalue weighted by molar-refractivity contribution is 6.04. The molecule has 0 saturated carbocycles. The number of aryl methyl sites for hydroxylation is 2. The van der Waals surface area contributed by atoms with Gasteiger partial charge in [0, 0.05) is 25.8 Å². The van der Waals surface area contributed by atoms with Crippen molar-refractivity contribution in [3.05, 3.63) is 92.3 Å². The monoisotopic (exact) mass is 451 g/mol. The number of hydrogen-bond donors (Lipinski definition) is 1. The van der Waals surface area contributed by atoms with E-state index in [9.17, 15) is 23.2 Å². The van der Waals surface area contributed by atoms with Crippen LogP contribution in [-0.2, 0) is 14.1 Å². The highest BCUT2D eigenvalue weighted by Crippen LogP contribution is 2.20. The molecule has 10 heteroatoms. The van der Waals surface area contributed by atoms with Crippen LogP contribution in [0.15, 0.2) is 58.1 Å². The lowest BCUT2D eigenvalue weighted by Gasteiger charge is -2.11. The summed E-state index contributed by atoms with van der Waals surface area (Å²) in [4.78, 5) is 37.0. The zero-order chi connectivity index (χ0) is 23.9. The summed E-state index contributed by atoms with van der Waals surface area (Å²) in [6, 6.07) is 9.64. The van der Waals surface area contributed by atoms with Gasteiger partial charge >= 0.3 is 11.1 Å². The lowest BCUT2D eigenvalue weighted by molar-refractivity contribution is 0.102. The number of fused-ring (bicyclic) bond motifs is 1. The Morgan fingerprint density at radius 2 is 1.64 bits per heavy atom. The zero-order valence-corrected chi connectivity index (χ0v) is 18.0. The van der Waals surface area contributed by atoms with E-state index in [4.69, 9.17) is 0 Å². The van der Waals surface area contributed by atoms with Crippen molar-refractivity contribution in [2.45, 2.75) is 6.92 Å². The van der Waals surface area contributed by atoms with Gasteiger partial charge in [-0.1, -0.05) is 6.08 Å². The molecule has 2 aromatic heterocycles. The van der Waals surface area contributed by atoms with Crippen molar-refractivity contribution >= 4 is 28.7 Å². The molecule has 1 N–H and O–H groups in total. The molecule has 4 rings (SSSR count). The Balaban J connectivity index is 1.72. The molecular weight excluding hydrogens is 432 g/mol. The van der Waals surface area contributed by atoms with Gasteiger partial charge in [0.05, 0.1) is 22.4 Å². The quantitative estimate of drug-likeness (QED) is 0.483. The van der Waals surface area contributed by atoms with E-state index in [0.29, 0.717) is 22.4 Å². The lowest BCUT2D eigenvalue weighted by Crippen LogP contribution is -2.39. The molecule has 2 aromatic carbocycles. The number of hydrogen-bond acceptors (Lipinski definition) is 4. The number of carbonyl (C=O) groups is 1. The minimum absolute atomic E-state index is 0.0438. The van der Waals surface area contributed by atoms with Gasteiger partial charge in [-0.25, -0.2) is 13.5 Å². The molecule has 0 saturated heterocycles. The standard InChI is InChI=1S/C23H19F2N5O3/c1-4-5-14-12-18(27-30(14)15-7-8-16(24)17(25)11-15)21(31)26-13-6-9-19-20(10-13)29(3)23(33)22(32)28(19)2/h4-12H,1-3H3,(H,26,31)/b5-4+. The van der Waals surface area contributed by atoms with E-state index < -0.39 is 28.7 Å². The summed E-state index contributed by atoms with van der Waals surface area (Å²) >= 11 is 0. The number of rotatable bonds is 4. The number of aromatic nitrogens is 4. The Bertz CT molecular complexity index is 1560. The number of nitrogens with one attached hydrogen (secondary N) is 1. The van der Waals surface area contributed by atoms with Crippen LogP contribution in [0.1, 0.15) is 23.1 Å². The van der Waals surface area contributed by atoms with Gasteiger partial charge in [0.25, 0.3) is 5.91 Å². The Kier molecular flexibility index (Phi) is 5.50. The van der Waals surface area contributed by atoms with Gasteiger partial charge in [-0.3, -0.25) is 14.4 Å². The van der Waals surface area contributed by atoms with Crippen molar-refractivity contribution in [2.75, 3.05) is 5.32 Å². The van der Waals surface area contributed by atoms with E-state index in [1.54, 1.807) is 37.3 Å². The first-order valence-electron chi connectivity index (χ1n) is 9.90. The van der Waals surface area contributed by atoms with Crippen LogP contribution in [0.4, 0.5) is 14.5 Å². The minimum Gasteiger partial charge on any atom is -0.321 e. The van der Waals surface area contributed by atoms with Gasteiger partial charge in [0.2, 0.25) is 0 Å². The van der Waals surface area contributed by atoms with Crippen LogP contribution in [0.2, 0.25) is 0 Å². The van der Waals surface area contributed by atoms with Crippen LogP contribution in [0.5, 0.6) is 0 Å². The average molecular weight is 451 g/mol. The molecule has 0 atom stereocenters. The van der Waals surface area contributed by atoms with Gasteiger partial charge in [0.15, 0.2) is 17.3 Å². The summed E-state index contributed by atoms with van der Waals surface area (Å²) in [6.07, 6.45) is 3.40. The molecule has 2 heterocycles. The molecule has 0 unspecified atom stereocenters. The van der Waals surface area contributed by atoms with Gasteiger partial charge in [0.1, 0.15) is 0 Å². The number of allylic oxidation sites excluding steroid dienone is 1. The summed E-state index contributed by atoms with van der Waals surface area (Å²) in [6.45, 7) is 1.77. The summed E-state index contributed by atoms with van der Waals surface area (Å²) in [5, 5.41) is 6.96. The third-order valence-corrected chi connectivity index (χ3v) is 5.20. The lowest BCUT2D eigenvalue weighted by atomic mass is 10.2. The SMILES string of the molecule is C/C=C/c1cc(C(=O)Nc2ccc3c(c2)n(C)c(=O)c(=O)n3C)nn1-c1ccc(F)c(F)c1. The molecule has 0 aliphatic rings. The second-order valence-electron chi connectivity index (χ2n) is 7.35. The number of benzene rings is 2. The molecule has 0 aliphatic carbocycles. The summed E-state index contributed by atoms with van der Waals surface area (Å²) in [7, 11) is 2.97. The summed E-state index contributed by atoms with van der Waals surface area (Å²) in [5.74, 6) is -2.56. The largest absolute Gasteiger partial charge is 0.321 e. The molecule has 1 amide bonds. The minimum atomic E-state index is -1.03. The molecule has 0 bridgehead atoms. The van der Waals surface area contributed by atoms with Crippen LogP contribution < -0.4 is 16.4 Å². The summed E-state index contributed by atoms with van der Waals surface area (Å²) in [5.41, 5.74) is 0.821. The normalized spacial score (nSPS) is 11.4. The fourth-order valence-electron chi connectivity index (χ4n) is 3.47. The van der Waals surface area contributed by atoms with E-state index in [2.05, 4.69) is 10.4 Å². The van der Waals surface area contributed by atoms with Gasteiger partial charge < -0.3 is 14.5 Å². The predicted octanol–water partition coefficient (Wildman–Crippen LogP) is 2.99. The van der Waals surface area contributed by atoms with E-state index in [0.717, 1.165) is 12.1 Å². The maximum Gasteiger partial charge on any atom is 0.316 e. The maximum atomic E-state index is 13.7. The smallest absolute Gasteiger partial charge is 0.316 e. The van der Waals surface area contributed by atoms with Crippen molar-refractivity contribution < 1.29 is 13.6 Å². The molecule has 0 spiro atoms. The third kappa shape index (κ3) is 3.86. The molecule has 0 radical (unpaired) electrons. The Morgan fingerprint density at radius 3 is 2.30 bits per heavy atom. The van der Waals surface area contributed by atoms with Gasteiger partial charge in [-0.15, -0.1) is 0 Å². The molecule has 168 valence electrons. The maximum absolute atomic E-state index is 13.7. The van der Waals surface area contributed by atoms with Crippen molar-refractivity contribution in [1.82, 2.24) is 18.9 Å². The van der Waals surface area contributed by atoms with Crippen molar-refractivity contribution in [1.29, 1.82) is 0 Å². The molecular formula is C23H19F2N5O3. The van der Waals surface area contributed by atoms with Crippen molar-refractivity contribution in [3.63, 3.8) is 0 Å². The van der Waals surface area contributed by atoms with Crippen molar-refractivity contribution in [3.8, 4) is 5.69 Å². The van der Waals surface area contributed by atoms with E-state index in [-0.39, 0.29) is 11.4 Å². The number of amides is 1. The second kappa shape index (κ2) is 8.30. The number of halogens is 2. The highest BCUT2D eigenvalue weighted by Gasteiger charge is 2.17. The summed E-state index contributed by atoms with van der Waals surface area (Å²) < 4.78 is 30.8. The predicted molar refractivity (Wildman–Crippen MR) is 121 cm³/mol. The fourth-order valence-corrected chi connectivity index (χ4v) is 3.47. The topological polar surface area (TPSA) is 90.9 Å². The van der Waals surface area contributed by atoms with Crippen LogP contribution in [0.3, 0.4) is 0 Å². The number of anilines is 1. The van der Waals surface area contributed by atoms with Crippen LogP contribution in [-0.4, -0.2) is 24.8 Å². The first kappa shape index (κ1) is 21.9. The van der Waals surface area contributed by atoms with E-state index >= 15 is 0 Å². The Morgan fingerprint density at radius 1 is 0.939 bits per heavy atom. The molecule has 4 aromatic rings. The fraction of sp³-hybridized carbons (Fsp3) is 0.130.